The fraction of sp³-hybridized carbons (Fsp3) is 0.500. The van der Waals surface area contributed by atoms with Gasteiger partial charge in [0.1, 0.15) is 0 Å². The van der Waals surface area contributed by atoms with E-state index in [1.807, 2.05) is 6.92 Å². The van der Waals surface area contributed by atoms with Crippen LogP contribution in [0, 0.1) is 0 Å². The number of thioether (sulfide) groups is 1. The number of nitrogens with two attached hydrogens (primary N) is 1. The molecule has 0 saturated carbocycles. The Bertz CT molecular complexity index is 256. The van der Waals surface area contributed by atoms with Crippen LogP contribution in [0.2, 0.25) is 0 Å². The zero-order chi connectivity index (χ0) is 7.78. The highest BCUT2D eigenvalue weighted by molar-refractivity contribution is 8.04. The Balaban J connectivity index is 2.81. The van der Waals surface area contributed by atoms with Gasteiger partial charge in [0, 0.05) is 11.1 Å². The third-order valence-corrected chi connectivity index (χ3v) is 3.09. The van der Waals surface area contributed by atoms with Crippen LogP contribution < -0.4 is 5.14 Å². The van der Waals surface area contributed by atoms with E-state index in [1.54, 1.807) is 0 Å². The van der Waals surface area contributed by atoms with Gasteiger partial charge >= 0.3 is 0 Å². The second kappa shape index (κ2) is 2.44. The summed E-state index contributed by atoms with van der Waals surface area (Å²) in [4.78, 5) is 0.967. The van der Waals surface area contributed by atoms with Crippen LogP contribution in [0.1, 0.15) is 6.92 Å². The lowest BCUT2D eigenvalue weighted by Gasteiger charge is -2.08. The minimum absolute atomic E-state index is 0.407. The van der Waals surface area contributed by atoms with Crippen molar-refractivity contribution < 1.29 is 8.42 Å². The van der Waals surface area contributed by atoms with Gasteiger partial charge in [-0.2, -0.15) is 8.42 Å². The molecular weight excluding hydrogens is 172 g/mol. The molecule has 1 aliphatic rings. The van der Waals surface area contributed by atoms with Gasteiger partial charge in [0.15, 0.2) is 0 Å². The molecule has 0 bridgehead atoms. The van der Waals surface area contributed by atoms with Gasteiger partial charge < -0.3 is 0 Å². The normalized spacial score (nSPS) is 19.4. The summed E-state index contributed by atoms with van der Waals surface area (Å²) in [7, 11) is -3.50. The maximum absolute atomic E-state index is 10.6. The van der Waals surface area contributed by atoms with Gasteiger partial charge in [0.2, 0.25) is 0 Å². The molecule has 0 spiro atoms. The number of hydrogen-bond acceptors (Lipinski definition) is 3. The Kier molecular flexibility index (Phi) is 1.93. The molecule has 1 aliphatic heterocycles. The van der Waals surface area contributed by atoms with E-state index in [4.69, 9.17) is 5.14 Å². The molecule has 0 aromatic rings. The molecule has 4 nitrogen and oxygen atoms in total. The first-order valence-electron chi connectivity index (χ1n) is 2.61. The average Bonchev–Trinajstić information content (AvgIpc) is 2.11. The van der Waals surface area contributed by atoms with Crippen molar-refractivity contribution in [1.82, 2.24) is 4.31 Å². The first-order chi connectivity index (χ1) is 4.50. The van der Waals surface area contributed by atoms with Gasteiger partial charge in [-0.25, -0.2) is 5.14 Å². The smallest absolute Gasteiger partial charge is 0.254 e. The van der Waals surface area contributed by atoms with Gasteiger partial charge in [0.25, 0.3) is 10.2 Å². The molecule has 2 N–H and O–H groups in total. The van der Waals surface area contributed by atoms with Crippen LogP contribution in [-0.2, 0) is 10.2 Å². The number of rotatable bonds is 1. The molecule has 6 heteroatoms. The van der Waals surface area contributed by atoms with Gasteiger partial charge in [-0.3, -0.25) is 4.31 Å². The topological polar surface area (TPSA) is 63.4 Å². The third kappa shape index (κ3) is 1.65. The van der Waals surface area contributed by atoms with Gasteiger partial charge in [-0.05, 0) is 6.92 Å². The third-order valence-electron chi connectivity index (χ3n) is 1.07. The van der Waals surface area contributed by atoms with Crippen LogP contribution in [0.5, 0.6) is 0 Å². The Morgan fingerprint density at radius 2 is 2.40 bits per heavy atom. The van der Waals surface area contributed by atoms with Gasteiger partial charge in [-0.15, -0.1) is 11.8 Å². The predicted molar refractivity (Wildman–Crippen MR) is 41.2 cm³/mol. The molecule has 1 rings (SSSR count). The van der Waals surface area contributed by atoms with Crippen LogP contribution in [-0.4, -0.2) is 18.6 Å². The fourth-order valence-electron chi connectivity index (χ4n) is 0.590. The van der Waals surface area contributed by atoms with E-state index >= 15 is 0 Å². The van der Waals surface area contributed by atoms with Crippen molar-refractivity contribution in [1.29, 1.82) is 0 Å². The lowest BCUT2D eigenvalue weighted by Crippen LogP contribution is -2.30. The summed E-state index contributed by atoms with van der Waals surface area (Å²) in [5.41, 5.74) is 0. The standard InChI is InChI=1S/C4H8N2O2S2/c1-4-2-6(3-9-4)10(5,7)8/h2H,3H2,1H3,(H2,5,7,8). The molecule has 0 radical (unpaired) electrons. The molecule has 1 heterocycles. The maximum atomic E-state index is 10.6. The zero-order valence-electron chi connectivity index (χ0n) is 5.44. The fourth-order valence-corrected chi connectivity index (χ4v) is 2.31. The highest BCUT2D eigenvalue weighted by Crippen LogP contribution is 2.25. The van der Waals surface area contributed by atoms with Crippen molar-refractivity contribution in [3.05, 3.63) is 11.1 Å². The second-order valence-electron chi connectivity index (χ2n) is 1.95. The lowest BCUT2D eigenvalue weighted by atomic mass is 10.7. The van der Waals surface area contributed by atoms with Crippen LogP contribution in [0.3, 0.4) is 0 Å². The van der Waals surface area contributed by atoms with Crippen LogP contribution in [0.25, 0.3) is 0 Å². The molecule has 58 valence electrons. The summed E-state index contributed by atoms with van der Waals surface area (Å²) < 4.78 is 22.4. The molecular formula is C4H8N2O2S2. The van der Waals surface area contributed by atoms with Crippen molar-refractivity contribution in [3.63, 3.8) is 0 Å². The van der Waals surface area contributed by atoms with E-state index in [0.717, 1.165) is 9.21 Å². The van der Waals surface area contributed by atoms with Crippen LogP contribution in [0.15, 0.2) is 11.1 Å². The first-order valence-corrected chi connectivity index (χ1v) is 5.10. The maximum Gasteiger partial charge on any atom is 0.299 e. The Hall–Kier alpha value is -0.200. The first kappa shape index (κ1) is 7.90. The van der Waals surface area contributed by atoms with Gasteiger partial charge in [-0.1, -0.05) is 0 Å². The van der Waals surface area contributed by atoms with Crippen molar-refractivity contribution in [2.75, 3.05) is 5.88 Å². The van der Waals surface area contributed by atoms with Crippen molar-refractivity contribution in [2.45, 2.75) is 6.92 Å². The molecule has 0 atom stereocenters. The lowest BCUT2D eigenvalue weighted by molar-refractivity contribution is 0.537. The summed E-state index contributed by atoms with van der Waals surface area (Å²) in [5.74, 6) is 0.407. The number of nitrogens with zero attached hydrogens (tertiary/aromatic N) is 1. The summed E-state index contributed by atoms with van der Waals surface area (Å²) in [5, 5.41) is 4.84. The number of allylic oxidation sites excluding steroid dienone is 1. The van der Waals surface area contributed by atoms with Gasteiger partial charge in [0.05, 0.1) is 5.88 Å². The molecule has 10 heavy (non-hydrogen) atoms. The van der Waals surface area contributed by atoms with E-state index in [2.05, 4.69) is 0 Å². The average molecular weight is 180 g/mol. The monoisotopic (exact) mass is 180 g/mol. The highest BCUT2D eigenvalue weighted by Gasteiger charge is 2.18. The summed E-state index contributed by atoms with van der Waals surface area (Å²) >= 11 is 1.46. The SMILES string of the molecule is CC1=CN(S(N)(=O)=O)CS1. The minimum Gasteiger partial charge on any atom is -0.254 e. The Labute approximate surface area is 64.3 Å². The largest absolute Gasteiger partial charge is 0.299 e. The summed E-state index contributed by atoms with van der Waals surface area (Å²) in [6.45, 7) is 1.84. The molecule has 0 amide bonds. The molecule has 0 aromatic carbocycles. The Morgan fingerprint density at radius 1 is 1.80 bits per heavy atom. The van der Waals surface area contributed by atoms with Crippen molar-refractivity contribution >= 4 is 22.0 Å². The van der Waals surface area contributed by atoms with Crippen LogP contribution in [0.4, 0.5) is 0 Å². The molecule has 0 aromatic heterocycles. The molecule has 0 unspecified atom stereocenters. The molecule has 0 fully saturated rings. The van der Waals surface area contributed by atoms with Crippen molar-refractivity contribution in [2.24, 2.45) is 5.14 Å². The Morgan fingerprint density at radius 3 is 2.60 bits per heavy atom. The van der Waals surface area contributed by atoms with Crippen LogP contribution >= 0.6 is 11.8 Å². The summed E-state index contributed by atoms with van der Waals surface area (Å²) in [6, 6.07) is 0. The quantitative estimate of drug-likeness (QED) is 0.620. The highest BCUT2D eigenvalue weighted by atomic mass is 32.2. The molecule has 0 saturated heterocycles. The molecule has 0 aliphatic carbocycles. The van der Waals surface area contributed by atoms with E-state index in [9.17, 15) is 8.42 Å². The zero-order valence-corrected chi connectivity index (χ0v) is 7.08. The van der Waals surface area contributed by atoms with Crippen molar-refractivity contribution in [3.8, 4) is 0 Å². The van der Waals surface area contributed by atoms with E-state index in [-0.39, 0.29) is 0 Å². The second-order valence-corrected chi connectivity index (χ2v) is 4.64. The predicted octanol–water partition coefficient (Wildman–Crippen LogP) is 0.0575. The van der Waals surface area contributed by atoms with E-state index in [0.29, 0.717) is 5.88 Å². The minimum atomic E-state index is -3.50. The van der Waals surface area contributed by atoms with E-state index in [1.165, 1.54) is 18.0 Å². The summed E-state index contributed by atoms with van der Waals surface area (Å²) in [6.07, 6.45) is 1.53. The number of hydrogen-bond donors (Lipinski definition) is 1. The van der Waals surface area contributed by atoms with E-state index < -0.39 is 10.2 Å².